The summed E-state index contributed by atoms with van der Waals surface area (Å²) in [6.45, 7) is 0.433. The number of pyridine rings is 1. The number of benzene rings is 1. The molecule has 0 spiro atoms. The number of aromatic nitrogens is 3. The molecule has 0 saturated carbocycles. The van der Waals surface area contributed by atoms with Gasteiger partial charge in [-0.3, -0.25) is 9.36 Å². The van der Waals surface area contributed by atoms with Crippen LogP contribution in [0.15, 0.2) is 66.2 Å². The van der Waals surface area contributed by atoms with Gasteiger partial charge in [0, 0.05) is 37.8 Å². The fraction of sp³-hybridized carbons (Fsp3) is 0.211. The normalized spacial score (nSPS) is 11.3. The first-order chi connectivity index (χ1) is 13.5. The van der Waals surface area contributed by atoms with Crippen molar-refractivity contribution in [3.05, 3.63) is 72.4 Å². The minimum absolute atomic E-state index is 0.100. The molecule has 0 atom stereocenters. The van der Waals surface area contributed by atoms with Crippen LogP contribution in [-0.4, -0.2) is 48.3 Å². The fourth-order valence-electron chi connectivity index (χ4n) is 2.48. The van der Waals surface area contributed by atoms with Crippen molar-refractivity contribution in [1.29, 1.82) is 0 Å². The Hall–Kier alpha value is -3.04. The van der Waals surface area contributed by atoms with Crippen LogP contribution in [0.25, 0.3) is 5.82 Å². The highest BCUT2D eigenvalue weighted by molar-refractivity contribution is 7.91. The standard InChI is InChI=1S/C19H20N4O4S/c1-27-10-11-28(25,26)17-5-3-16(4-6-17)19(24)22-13-15-2-7-18(21-12-15)23-9-8-20-14-23/h2-9,12,14H,10-11,13H2,1H3,(H,22,24). The highest BCUT2D eigenvalue weighted by Gasteiger charge is 2.15. The third kappa shape index (κ3) is 4.81. The molecule has 0 aliphatic heterocycles. The molecule has 146 valence electrons. The zero-order valence-corrected chi connectivity index (χ0v) is 16.1. The maximum absolute atomic E-state index is 12.3. The van der Waals surface area contributed by atoms with E-state index >= 15 is 0 Å². The van der Waals surface area contributed by atoms with Crippen LogP contribution in [0.2, 0.25) is 0 Å². The summed E-state index contributed by atoms with van der Waals surface area (Å²) in [6, 6.07) is 9.56. The van der Waals surface area contributed by atoms with Crippen molar-refractivity contribution in [3.63, 3.8) is 0 Å². The van der Waals surface area contributed by atoms with Gasteiger partial charge in [0.1, 0.15) is 12.1 Å². The monoisotopic (exact) mass is 400 g/mol. The second-order valence-corrected chi connectivity index (χ2v) is 8.12. The van der Waals surface area contributed by atoms with Crippen molar-refractivity contribution in [3.8, 4) is 5.82 Å². The first-order valence-electron chi connectivity index (χ1n) is 8.53. The Labute approximate surface area is 163 Å². The molecule has 3 rings (SSSR count). The van der Waals surface area contributed by atoms with Gasteiger partial charge in [0.15, 0.2) is 9.84 Å². The van der Waals surface area contributed by atoms with Gasteiger partial charge in [-0.2, -0.15) is 0 Å². The van der Waals surface area contributed by atoms with E-state index in [0.29, 0.717) is 12.1 Å². The van der Waals surface area contributed by atoms with E-state index in [1.165, 1.54) is 31.4 Å². The van der Waals surface area contributed by atoms with Gasteiger partial charge < -0.3 is 10.1 Å². The lowest BCUT2D eigenvalue weighted by Crippen LogP contribution is -2.23. The zero-order valence-electron chi connectivity index (χ0n) is 15.3. The van der Waals surface area contributed by atoms with Crippen LogP contribution in [0.4, 0.5) is 0 Å². The topological polar surface area (TPSA) is 103 Å². The SMILES string of the molecule is COCCS(=O)(=O)c1ccc(C(=O)NCc2ccc(-n3ccnc3)nc2)cc1. The average Bonchev–Trinajstić information content (AvgIpc) is 3.26. The lowest BCUT2D eigenvalue weighted by Gasteiger charge is -2.08. The number of hydrogen-bond donors (Lipinski definition) is 1. The first-order valence-corrected chi connectivity index (χ1v) is 10.2. The van der Waals surface area contributed by atoms with Gasteiger partial charge in [-0.05, 0) is 35.9 Å². The van der Waals surface area contributed by atoms with Crippen molar-refractivity contribution in [1.82, 2.24) is 19.9 Å². The predicted octanol–water partition coefficient (Wildman–Crippen LogP) is 1.62. The van der Waals surface area contributed by atoms with Gasteiger partial charge in [0.05, 0.1) is 17.3 Å². The van der Waals surface area contributed by atoms with Crippen molar-refractivity contribution in [2.45, 2.75) is 11.4 Å². The molecule has 0 unspecified atom stereocenters. The van der Waals surface area contributed by atoms with Crippen LogP contribution in [0, 0.1) is 0 Å². The lowest BCUT2D eigenvalue weighted by molar-refractivity contribution is 0.0951. The fourth-order valence-corrected chi connectivity index (χ4v) is 3.65. The zero-order chi connectivity index (χ0) is 20.0. The summed E-state index contributed by atoms with van der Waals surface area (Å²) in [4.78, 5) is 20.8. The molecule has 28 heavy (non-hydrogen) atoms. The van der Waals surface area contributed by atoms with Crippen LogP contribution in [0.1, 0.15) is 15.9 Å². The van der Waals surface area contributed by atoms with E-state index in [4.69, 9.17) is 4.74 Å². The Bertz CT molecular complexity index is 1010. The summed E-state index contributed by atoms with van der Waals surface area (Å²) in [5.74, 6) is 0.342. The largest absolute Gasteiger partial charge is 0.384 e. The lowest BCUT2D eigenvalue weighted by atomic mass is 10.2. The van der Waals surface area contributed by atoms with Crippen LogP contribution in [0.5, 0.6) is 0 Å². The number of amides is 1. The summed E-state index contributed by atoms with van der Waals surface area (Å²) in [6.07, 6.45) is 6.80. The summed E-state index contributed by atoms with van der Waals surface area (Å²) >= 11 is 0. The highest BCUT2D eigenvalue weighted by Crippen LogP contribution is 2.13. The number of nitrogens with one attached hydrogen (secondary N) is 1. The van der Waals surface area contributed by atoms with E-state index in [-0.39, 0.29) is 23.2 Å². The molecule has 2 aromatic heterocycles. The number of nitrogens with zero attached hydrogens (tertiary/aromatic N) is 3. The van der Waals surface area contributed by atoms with Gasteiger partial charge in [-0.1, -0.05) is 6.07 Å². The van der Waals surface area contributed by atoms with Crippen LogP contribution in [0.3, 0.4) is 0 Å². The maximum Gasteiger partial charge on any atom is 0.251 e. The minimum atomic E-state index is -3.41. The molecule has 0 bridgehead atoms. The summed E-state index contributed by atoms with van der Waals surface area (Å²) in [7, 11) is -1.97. The molecule has 9 heteroatoms. The molecule has 1 aromatic carbocycles. The van der Waals surface area contributed by atoms with Crippen LogP contribution < -0.4 is 5.32 Å². The van der Waals surface area contributed by atoms with Crippen LogP contribution in [-0.2, 0) is 21.1 Å². The number of rotatable bonds is 8. The molecule has 0 fully saturated rings. The second-order valence-electron chi connectivity index (χ2n) is 6.01. The van der Waals surface area contributed by atoms with E-state index in [9.17, 15) is 13.2 Å². The molecule has 3 aromatic rings. The molecule has 1 amide bonds. The third-order valence-electron chi connectivity index (χ3n) is 4.06. The quantitative estimate of drug-likeness (QED) is 0.616. The Morgan fingerprint density at radius 1 is 1.18 bits per heavy atom. The Morgan fingerprint density at radius 3 is 2.57 bits per heavy atom. The Kier molecular flexibility index (Phi) is 6.17. The van der Waals surface area contributed by atoms with E-state index in [1.807, 2.05) is 12.1 Å². The van der Waals surface area contributed by atoms with Gasteiger partial charge in [-0.15, -0.1) is 0 Å². The van der Waals surface area contributed by atoms with Crippen molar-refractivity contribution < 1.29 is 17.9 Å². The van der Waals surface area contributed by atoms with Gasteiger partial charge >= 0.3 is 0 Å². The average molecular weight is 400 g/mol. The summed E-state index contributed by atoms with van der Waals surface area (Å²) in [5.41, 5.74) is 1.23. The molecular weight excluding hydrogens is 380 g/mol. The number of sulfone groups is 1. The molecule has 0 aliphatic carbocycles. The number of ether oxygens (including phenoxy) is 1. The number of imidazole rings is 1. The number of methoxy groups -OCH3 is 1. The smallest absolute Gasteiger partial charge is 0.251 e. The Morgan fingerprint density at radius 2 is 1.96 bits per heavy atom. The van der Waals surface area contributed by atoms with Gasteiger partial charge in [-0.25, -0.2) is 18.4 Å². The Balaban J connectivity index is 1.59. The molecule has 0 saturated heterocycles. The molecule has 0 radical (unpaired) electrons. The summed E-state index contributed by atoms with van der Waals surface area (Å²) < 4.78 is 30.8. The molecule has 8 nitrogen and oxygen atoms in total. The van der Waals surface area contributed by atoms with Crippen molar-refractivity contribution in [2.24, 2.45) is 0 Å². The number of hydrogen-bond acceptors (Lipinski definition) is 6. The second kappa shape index (κ2) is 8.77. The van der Waals surface area contributed by atoms with Crippen molar-refractivity contribution in [2.75, 3.05) is 19.5 Å². The van der Waals surface area contributed by atoms with E-state index in [1.54, 1.807) is 29.5 Å². The highest BCUT2D eigenvalue weighted by atomic mass is 32.2. The van der Waals surface area contributed by atoms with E-state index in [2.05, 4.69) is 15.3 Å². The predicted molar refractivity (Wildman–Crippen MR) is 103 cm³/mol. The first kappa shape index (κ1) is 19.7. The van der Waals surface area contributed by atoms with Crippen LogP contribution >= 0.6 is 0 Å². The number of carbonyl (C=O) groups excluding carboxylic acids is 1. The maximum atomic E-state index is 12.3. The van der Waals surface area contributed by atoms with Gasteiger partial charge in [0.25, 0.3) is 5.91 Å². The molecule has 1 N–H and O–H groups in total. The van der Waals surface area contributed by atoms with Gasteiger partial charge in [0.2, 0.25) is 0 Å². The molecular formula is C19H20N4O4S. The van der Waals surface area contributed by atoms with Crippen molar-refractivity contribution >= 4 is 15.7 Å². The minimum Gasteiger partial charge on any atom is -0.384 e. The number of carbonyl (C=O) groups is 1. The summed E-state index contributed by atoms with van der Waals surface area (Å²) in [5, 5.41) is 2.79. The third-order valence-corrected chi connectivity index (χ3v) is 5.76. The molecule has 2 heterocycles. The molecule has 0 aliphatic rings. The van der Waals surface area contributed by atoms with E-state index < -0.39 is 9.84 Å². The van der Waals surface area contributed by atoms with E-state index in [0.717, 1.165) is 11.4 Å².